The Bertz CT molecular complexity index is 1060. The van der Waals surface area contributed by atoms with Crippen molar-refractivity contribution in [2.24, 2.45) is 5.92 Å². The lowest BCUT2D eigenvalue weighted by Crippen LogP contribution is -2.25. The first-order chi connectivity index (χ1) is 12.9. The van der Waals surface area contributed by atoms with E-state index in [0.717, 1.165) is 5.56 Å². The quantitative estimate of drug-likeness (QED) is 0.645. The molecular weight excluding hydrogens is 362 g/mol. The van der Waals surface area contributed by atoms with Crippen LogP contribution in [-0.4, -0.2) is 10.6 Å². The largest absolute Gasteiger partial charge is 0.323 e. The highest BCUT2D eigenvalue weighted by atomic mass is 35.5. The Morgan fingerprint density at radius 3 is 2.41 bits per heavy atom. The van der Waals surface area contributed by atoms with E-state index >= 15 is 0 Å². The van der Waals surface area contributed by atoms with Gasteiger partial charge in [-0.05, 0) is 36.6 Å². The van der Waals surface area contributed by atoms with E-state index in [1.165, 1.54) is 0 Å². The minimum atomic E-state index is -0.389. The Kier molecular flexibility index (Phi) is 5.51. The number of nitrogens with one attached hydrogen (secondary N) is 2. The number of carbonyl (C=O) groups excluding carboxylic acids is 1. The molecule has 140 valence electrons. The maximum atomic E-state index is 12.7. The first-order valence-corrected chi connectivity index (χ1v) is 9.20. The smallest absolute Gasteiger partial charge is 0.313 e. The molecule has 3 aromatic rings. The molecule has 2 N–H and O–H groups in total. The lowest BCUT2D eigenvalue weighted by molar-refractivity contribution is 0.262. The van der Waals surface area contributed by atoms with Gasteiger partial charge >= 0.3 is 6.03 Å². The average molecular weight is 384 g/mol. The van der Waals surface area contributed by atoms with E-state index in [2.05, 4.69) is 10.6 Å². The standard InChI is InChI=1S/C21H22ClN3O2/c1-13(2)11-25-12-19(15-7-4-5-8-16(15)20(25)26)24-21(27)23-18-10-6-9-17(22)14(18)3/h4-10,12-13H,11H2,1-3H3,(H2,23,24,27). The molecule has 1 aromatic heterocycles. The summed E-state index contributed by atoms with van der Waals surface area (Å²) in [7, 11) is 0. The molecule has 1 heterocycles. The zero-order valence-corrected chi connectivity index (χ0v) is 16.3. The lowest BCUT2D eigenvalue weighted by atomic mass is 10.1. The van der Waals surface area contributed by atoms with Crippen LogP contribution < -0.4 is 16.2 Å². The van der Waals surface area contributed by atoms with Gasteiger partial charge in [-0.15, -0.1) is 0 Å². The number of anilines is 2. The minimum absolute atomic E-state index is 0.0593. The number of carbonyl (C=O) groups is 1. The van der Waals surface area contributed by atoms with E-state index < -0.39 is 0 Å². The highest BCUT2D eigenvalue weighted by Gasteiger charge is 2.13. The van der Waals surface area contributed by atoms with Gasteiger partial charge in [0.05, 0.1) is 5.69 Å². The molecule has 0 fully saturated rings. The second-order valence-electron chi connectivity index (χ2n) is 6.93. The average Bonchev–Trinajstić information content (AvgIpc) is 2.62. The van der Waals surface area contributed by atoms with Crippen molar-refractivity contribution in [3.05, 3.63) is 69.6 Å². The summed E-state index contributed by atoms with van der Waals surface area (Å²) < 4.78 is 1.65. The van der Waals surface area contributed by atoms with Gasteiger partial charge in [0.1, 0.15) is 0 Å². The van der Waals surface area contributed by atoms with Crippen molar-refractivity contribution in [1.29, 1.82) is 0 Å². The molecular formula is C21H22ClN3O2. The van der Waals surface area contributed by atoms with Crippen LogP contribution in [0, 0.1) is 12.8 Å². The number of urea groups is 1. The summed E-state index contributed by atoms with van der Waals surface area (Å²) in [5.41, 5.74) is 1.96. The van der Waals surface area contributed by atoms with Crippen LogP contribution in [0.1, 0.15) is 19.4 Å². The number of amides is 2. The van der Waals surface area contributed by atoms with Crippen molar-refractivity contribution in [1.82, 2.24) is 4.57 Å². The predicted octanol–water partition coefficient (Wildman–Crippen LogP) is 5.26. The molecule has 0 atom stereocenters. The Hall–Kier alpha value is -2.79. The van der Waals surface area contributed by atoms with Gasteiger partial charge in [0.2, 0.25) is 0 Å². The number of hydrogen-bond acceptors (Lipinski definition) is 2. The van der Waals surface area contributed by atoms with Gasteiger partial charge < -0.3 is 15.2 Å². The third kappa shape index (κ3) is 4.14. The number of nitrogens with zero attached hydrogens (tertiary/aromatic N) is 1. The van der Waals surface area contributed by atoms with Gasteiger partial charge in [0.25, 0.3) is 5.56 Å². The molecule has 0 saturated carbocycles. The highest BCUT2D eigenvalue weighted by molar-refractivity contribution is 6.31. The van der Waals surface area contributed by atoms with Crippen LogP contribution >= 0.6 is 11.6 Å². The molecule has 3 rings (SSSR count). The Balaban J connectivity index is 1.96. The second-order valence-corrected chi connectivity index (χ2v) is 7.34. The van der Waals surface area contributed by atoms with Crippen molar-refractivity contribution < 1.29 is 4.79 Å². The second kappa shape index (κ2) is 7.84. The number of rotatable bonds is 4. The molecule has 5 nitrogen and oxygen atoms in total. The number of fused-ring (bicyclic) bond motifs is 1. The Morgan fingerprint density at radius 2 is 1.70 bits per heavy atom. The molecule has 0 bridgehead atoms. The summed E-state index contributed by atoms with van der Waals surface area (Å²) in [6.45, 7) is 6.51. The summed E-state index contributed by atoms with van der Waals surface area (Å²) in [6.07, 6.45) is 1.70. The summed E-state index contributed by atoms with van der Waals surface area (Å²) >= 11 is 6.11. The minimum Gasteiger partial charge on any atom is -0.313 e. The molecule has 0 aliphatic carbocycles. The van der Waals surface area contributed by atoms with Crippen molar-refractivity contribution >= 4 is 39.8 Å². The molecule has 0 unspecified atom stereocenters. The van der Waals surface area contributed by atoms with Crippen molar-refractivity contribution in [2.75, 3.05) is 10.6 Å². The summed E-state index contributed by atoms with van der Waals surface area (Å²) in [4.78, 5) is 25.2. The molecule has 6 heteroatoms. The molecule has 27 heavy (non-hydrogen) atoms. The Morgan fingerprint density at radius 1 is 1.04 bits per heavy atom. The van der Waals surface area contributed by atoms with Crippen LogP contribution in [0.3, 0.4) is 0 Å². The van der Waals surface area contributed by atoms with E-state index in [1.807, 2.05) is 39.0 Å². The number of pyridine rings is 1. The first kappa shape index (κ1) is 19.0. The summed E-state index contributed by atoms with van der Waals surface area (Å²) in [5.74, 6) is 0.305. The topological polar surface area (TPSA) is 63.1 Å². The molecule has 2 aromatic carbocycles. The highest BCUT2D eigenvalue weighted by Crippen LogP contribution is 2.24. The molecule has 0 saturated heterocycles. The SMILES string of the molecule is Cc1c(Cl)cccc1NC(=O)Nc1cn(CC(C)C)c(=O)c2ccccc12. The van der Waals surface area contributed by atoms with E-state index in [-0.39, 0.29) is 11.6 Å². The van der Waals surface area contributed by atoms with Crippen LogP contribution in [0.25, 0.3) is 10.8 Å². The molecule has 2 amide bonds. The number of benzene rings is 2. The van der Waals surface area contributed by atoms with E-state index in [1.54, 1.807) is 35.0 Å². The van der Waals surface area contributed by atoms with E-state index in [4.69, 9.17) is 11.6 Å². The number of aromatic nitrogens is 1. The van der Waals surface area contributed by atoms with Gasteiger partial charge in [0.15, 0.2) is 0 Å². The molecule has 0 spiro atoms. The fraction of sp³-hybridized carbons (Fsp3) is 0.238. The zero-order chi connectivity index (χ0) is 19.6. The fourth-order valence-corrected chi connectivity index (χ4v) is 3.17. The van der Waals surface area contributed by atoms with Crippen LogP contribution in [0.15, 0.2) is 53.5 Å². The van der Waals surface area contributed by atoms with Crippen LogP contribution in [0.5, 0.6) is 0 Å². The predicted molar refractivity (Wildman–Crippen MR) is 112 cm³/mol. The Labute approximate surface area is 163 Å². The van der Waals surface area contributed by atoms with Crippen molar-refractivity contribution in [3.8, 4) is 0 Å². The fourth-order valence-electron chi connectivity index (χ4n) is 2.99. The van der Waals surface area contributed by atoms with Gasteiger partial charge in [-0.3, -0.25) is 4.79 Å². The number of hydrogen-bond donors (Lipinski definition) is 2. The van der Waals surface area contributed by atoms with Gasteiger partial charge in [-0.2, -0.15) is 0 Å². The van der Waals surface area contributed by atoms with Crippen LogP contribution in [-0.2, 0) is 6.54 Å². The van der Waals surface area contributed by atoms with Gasteiger partial charge in [-0.1, -0.05) is 49.7 Å². The maximum absolute atomic E-state index is 12.7. The first-order valence-electron chi connectivity index (χ1n) is 8.82. The zero-order valence-electron chi connectivity index (χ0n) is 15.5. The van der Waals surface area contributed by atoms with Crippen molar-refractivity contribution in [2.45, 2.75) is 27.3 Å². The molecule has 0 aliphatic rings. The summed E-state index contributed by atoms with van der Waals surface area (Å²) in [6, 6.07) is 12.2. The van der Waals surface area contributed by atoms with E-state index in [0.29, 0.717) is 39.6 Å². The molecule has 0 aliphatic heterocycles. The third-order valence-electron chi connectivity index (χ3n) is 4.32. The van der Waals surface area contributed by atoms with Crippen molar-refractivity contribution in [3.63, 3.8) is 0 Å². The maximum Gasteiger partial charge on any atom is 0.323 e. The van der Waals surface area contributed by atoms with E-state index in [9.17, 15) is 9.59 Å². The van der Waals surface area contributed by atoms with Gasteiger partial charge in [0, 0.05) is 34.2 Å². The summed E-state index contributed by atoms with van der Waals surface area (Å²) in [5, 5.41) is 7.56. The van der Waals surface area contributed by atoms with Crippen LogP contribution in [0.2, 0.25) is 5.02 Å². The monoisotopic (exact) mass is 383 g/mol. The third-order valence-corrected chi connectivity index (χ3v) is 4.73. The lowest BCUT2D eigenvalue weighted by Gasteiger charge is -2.15. The normalized spacial score (nSPS) is 11.0. The number of halogens is 1. The van der Waals surface area contributed by atoms with Gasteiger partial charge in [-0.25, -0.2) is 4.79 Å². The molecule has 0 radical (unpaired) electrons. The van der Waals surface area contributed by atoms with Crippen LogP contribution in [0.4, 0.5) is 16.2 Å².